The van der Waals surface area contributed by atoms with E-state index in [1.165, 1.54) is 23.1 Å². The van der Waals surface area contributed by atoms with Gasteiger partial charge < -0.3 is 10.1 Å². The van der Waals surface area contributed by atoms with Crippen molar-refractivity contribution in [3.63, 3.8) is 0 Å². The summed E-state index contributed by atoms with van der Waals surface area (Å²) in [6.45, 7) is 0. The molecule has 0 saturated heterocycles. The molecule has 0 radical (unpaired) electrons. The Hall–Kier alpha value is -3.43. The molecule has 0 saturated carbocycles. The number of carbonyl (C=O) groups is 1. The SMILES string of the molecule is O=C(Nc1ccc(OC(F)(F)F)cc1)c1ccc(-n2cnnn2)cc1. The monoisotopic (exact) mass is 349 g/mol. The van der Waals surface area contributed by atoms with E-state index in [-0.39, 0.29) is 5.75 Å². The lowest BCUT2D eigenvalue weighted by molar-refractivity contribution is -0.274. The van der Waals surface area contributed by atoms with Crippen LogP contribution in [0.3, 0.4) is 0 Å². The zero-order valence-electron chi connectivity index (χ0n) is 12.4. The summed E-state index contributed by atoms with van der Waals surface area (Å²) in [5.74, 6) is -0.774. The van der Waals surface area contributed by atoms with Crippen LogP contribution in [0.5, 0.6) is 5.75 Å². The number of ether oxygens (including phenoxy) is 1. The first-order chi connectivity index (χ1) is 11.9. The number of hydrogen-bond donors (Lipinski definition) is 1. The van der Waals surface area contributed by atoms with E-state index in [9.17, 15) is 18.0 Å². The molecule has 0 unspecified atom stereocenters. The van der Waals surface area contributed by atoms with Crippen LogP contribution in [-0.4, -0.2) is 32.5 Å². The minimum Gasteiger partial charge on any atom is -0.406 e. The second-order valence-electron chi connectivity index (χ2n) is 4.83. The molecule has 128 valence electrons. The number of anilines is 1. The van der Waals surface area contributed by atoms with Crippen molar-refractivity contribution in [1.82, 2.24) is 20.2 Å². The van der Waals surface area contributed by atoms with Crippen molar-refractivity contribution in [2.24, 2.45) is 0 Å². The maximum atomic E-state index is 12.2. The fourth-order valence-corrected chi connectivity index (χ4v) is 1.99. The van der Waals surface area contributed by atoms with Gasteiger partial charge in [0.2, 0.25) is 0 Å². The van der Waals surface area contributed by atoms with Crippen LogP contribution < -0.4 is 10.1 Å². The Kier molecular flexibility index (Phi) is 4.33. The van der Waals surface area contributed by atoms with Crippen LogP contribution >= 0.6 is 0 Å². The molecule has 0 bridgehead atoms. The molecule has 0 fully saturated rings. The molecule has 0 spiro atoms. The number of carbonyl (C=O) groups excluding carboxylic acids is 1. The van der Waals surface area contributed by atoms with Gasteiger partial charge in [0.05, 0.1) is 5.69 Å². The smallest absolute Gasteiger partial charge is 0.406 e. The molecular weight excluding hydrogens is 339 g/mol. The molecule has 25 heavy (non-hydrogen) atoms. The van der Waals surface area contributed by atoms with Gasteiger partial charge in [-0.1, -0.05) is 0 Å². The van der Waals surface area contributed by atoms with Gasteiger partial charge >= 0.3 is 6.36 Å². The van der Waals surface area contributed by atoms with Gasteiger partial charge in [0.15, 0.2) is 0 Å². The highest BCUT2D eigenvalue weighted by Gasteiger charge is 2.30. The Bertz CT molecular complexity index is 846. The van der Waals surface area contributed by atoms with E-state index < -0.39 is 12.3 Å². The lowest BCUT2D eigenvalue weighted by Crippen LogP contribution is -2.17. The molecular formula is C15H10F3N5O2. The van der Waals surface area contributed by atoms with Crippen LogP contribution in [0.2, 0.25) is 0 Å². The highest BCUT2D eigenvalue weighted by molar-refractivity contribution is 6.04. The van der Waals surface area contributed by atoms with Gasteiger partial charge in [-0.3, -0.25) is 4.79 Å². The molecule has 0 aliphatic carbocycles. The summed E-state index contributed by atoms with van der Waals surface area (Å²) in [4.78, 5) is 12.2. The van der Waals surface area contributed by atoms with Crippen LogP contribution in [0.15, 0.2) is 54.9 Å². The van der Waals surface area contributed by atoms with Crippen LogP contribution in [0.4, 0.5) is 18.9 Å². The van der Waals surface area contributed by atoms with Gasteiger partial charge in [-0.2, -0.15) is 0 Å². The number of rotatable bonds is 4. The summed E-state index contributed by atoms with van der Waals surface area (Å²) in [6, 6.07) is 11.3. The molecule has 1 amide bonds. The number of hydrogen-bond acceptors (Lipinski definition) is 5. The van der Waals surface area contributed by atoms with E-state index in [2.05, 4.69) is 25.6 Å². The summed E-state index contributed by atoms with van der Waals surface area (Å²) in [7, 11) is 0. The summed E-state index contributed by atoms with van der Waals surface area (Å²) in [5, 5.41) is 13.3. The number of benzene rings is 2. The van der Waals surface area contributed by atoms with Crippen LogP contribution in [0.1, 0.15) is 10.4 Å². The van der Waals surface area contributed by atoms with Crippen molar-refractivity contribution in [1.29, 1.82) is 0 Å². The van der Waals surface area contributed by atoms with Gasteiger partial charge in [-0.05, 0) is 59.0 Å². The van der Waals surface area contributed by atoms with E-state index >= 15 is 0 Å². The normalized spacial score (nSPS) is 11.2. The van der Waals surface area contributed by atoms with Gasteiger partial charge in [-0.15, -0.1) is 18.3 Å². The second kappa shape index (κ2) is 6.59. The van der Waals surface area contributed by atoms with Crippen LogP contribution in [0, 0.1) is 0 Å². The first-order valence-electron chi connectivity index (χ1n) is 6.91. The number of alkyl halides is 3. The van der Waals surface area contributed by atoms with Gasteiger partial charge in [0.25, 0.3) is 5.91 Å². The molecule has 7 nitrogen and oxygen atoms in total. The van der Waals surface area contributed by atoms with Crippen molar-refractivity contribution < 1.29 is 22.7 Å². The first-order valence-corrected chi connectivity index (χ1v) is 6.91. The molecule has 0 atom stereocenters. The predicted molar refractivity (Wildman–Crippen MR) is 80.2 cm³/mol. The molecule has 3 aromatic rings. The standard InChI is InChI=1S/C15H10F3N5O2/c16-15(17,18)25-13-7-3-11(4-8-13)20-14(24)10-1-5-12(6-2-10)23-9-19-21-22-23/h1-9H,(H,20,24). The Morgan fingerprint density at radius 2 is 1.72 bits per heavy atom. The number of tetrazole rings is 1. The fraction of sp³-hybridized carbons (Fsp3) is 0.0667. The third-order valence-corrected chi connectivity index (χ3v) is 3.09. The average Bonchev–Trinajstić information content (AvgIpc) is 3.10. The number of halogens is 3. The maximum Gasteiger partial charge on any atom is 0.573 e. The Morgan fingerprint density at radius 1 is 1.04 bits per heavy atom. The first kappa shape index (κ1) is 16.4. The van der Waals surface area contributed by atoms with Crippen LogP contribution in [0.25, 0.3) is 5.69 Å². The second-order valence-corrected chi connectivity index (χ2v) is 4.83. The number of nitrogens with one attached hydrogen (secondary N) is 1. The quantitative estimate of drug-likeness (QED) is 0.783. The lowest BCUT2D eigenvalue weighted by Gasteiger charge is -2.10. The van der Waals surface area contributed by atoms with Crippen molar-refractivity contribution in [2.45, 2.75) is 6.36 Å². The molecule has 0 aliphatic rings. The largest absolute Gasteiger partial charge is 0.573 e. The van der Waals surface area contributed by atoms with Gasteiger partial charge in [0.1, 0.15) is 12.1 Å². The Balaban J connectivity index is 1.66. The van der Waals surface area contributed by atoms with E-state index in [0.717, 1.165) is 12.1 Å². The van der Waals surface area contributed by atoms with E-state index in [0.29, 0.717) is 16.9 Å². The molecule has 10 heteroatoms. The van der Waals surface area contributed by atoms with Crippen molar-refractivity contribution in [3.8, 4) is 11.4 Å². The Labute approximate surface area is 139 Å². The molecule has 1 aromatic heterocycles. The Morgan fingerprint density at radius 3 is 2.28 bits per heavy atom. The predicted octanol–water partition coefficient (Wildman–Crippen LogP) is 2.81. The molecule has 2 aromatic carbocycles. The minimum absolute atomic E-state index is 0.337. The topological polar surface area (TPSA) is 81.9 Å². The highest BCUT2D eigenvalue weighted by Crippen LogP contribution is 2.24. The van der Waals surface area contributed by atoms with Crippen molar-refractivity contribution >= 4 is 11.6 Å². The van der Waals surface area contributed by atoms with Crippen LogP contribution in [-0.2, 0) is 0 Å². The molecule has 3 rings (SSSR count). The summed E-state index contributed by atoms with van der Waals surface area (Å²) < 4.78 is 41.5. The third kappa shape index (κ3) is 4.31. The fourth-order valence-electron chi connectivity index (χ4n) is 1.99. The maximum absolute atomic E-state index is 12.2. The number of amides is 1. The molecule has 0 aliphatic heterocycles. The average molecular weight is 349 g/mol. The van der Waals surface area contributed by atoms with Gasteiger partial charge in [0, 0.05) is 11.3 Å². The van der Waals surface area contributed by atoms with E-state index in [4.69, 9.17) is 0 Å². The van der Waals surface area contributed by atoms with Crippen molar-refractivity contribution in [2.75, 3.05) is 5.32 Å². The lowest BCUT2D eigenvalue weighted by atomic mass is 10.2. The van der Waals surface area contributed by atoms with E-state index in [1.54, 1.807) is 24.3 Å². The third-order valence-electron chi connectivity index (χ3n) is 3.09. The molecule has 1 N–H and O–H groups in total. The van der Waals surface area contributed by atoms with Gasteiger partial charge in [-0.25, -0.2) is 4.68 Å². The zero-order chi connectivity index (χ0) is 17.9. The zero-order valence-corrected chi connectivity index (χ0v) is 12.4. The number of aromatic nitrogens is 4. The minimum atomic E-state index is -4.76. The highest BCUT2D eigenvalue weighted by atomic mass is 19.4. The summed E-state index contributed by atoms with van der Waals surface area (Å²) in [6.07, 6.45) is -3.34. The molecule has 1 heterocycles. The van der Waals surface area contributed by atoms with E-state index in [1.807, 2.05) is 0 Å². The van der Waals surface area contributed by atoms with Crippen molar-refractivity contribution in [3.05, 3.63) is 60.4 Å². The summed E-state index contributed by atoms with van der Waals surface area (Å²) in [5.41, 5.74) is 1.38. The number of nitrogens with zero attached hydrogens (tertiary/aromatic N) is 4. The summed E-state index contributed by atoms with van der Waals surface area (Å²) >= 11 is 0.